The van der Waals surface area contributed by atoms with E-state index in [1.54, 1.807) is 0 Å². The minimum absolute atomic E-state index is 0.833. The zero-order chi connectivity index (χ0) is 14.4. The third-order valence-electron chi connectivity index (χ3n) is 4.08. The molecule has 19 heavy (non-hydrogen) atoms. The second-order valence-corrected chi connectivity index (χ2v) is 6.71. The predicted molar refractivity (Wildman–Crippen MR) is 87.4 cm³/mol. The van der Waals surface area contributed by atoms with E-state index in [9.17, 15) is 0 Å². The fraction of sp³-hybridized carbons (Fsp3) is 1.00. The van der Waals surface area contributed by atoms with Crippen molar-refractivity contribution in [1.29, 1.82) is 0 Å². The Morgan fingerprint density at radius 1 is 0.632 bits per heavy atom. The summed E-state index contributed by atoms with van der Waals surface area (Å²) < 4.78 is 1.15. The summed E-state index contributed by atoms with van der Waals surface area (Å²) in [5, 5.41) is 0. The van der Waals surface area contributed by atoms with Gasteiger partial charge in [0.1, 0.15) is 0 Å². The van der Waals surface area contributed by atoms with E-state index in [1.807, 2.05) is 0 Å². The molecule has 0 spiro atoms. The van der Waals surface area contributed by atoms with E-state index >= 15 is 0 Å². The standard InChI is InChI=1S/C17H39N2/c1-4-5-6-7-8-9-10-11-12-13-16-19(2,3)17-14-15-18/h4-18H2,1-3H3/q+1. The van der Waals surface area contributed by atoms with Gasteiger partial charge in [0.15, 0.2) is 0 Å². The molecule has 2 N–H and O–H groups in total. The molecule has 0 rings (SSSR count). The summed E-state index contributed by atoms with van der Waals surface area (Å²) in [6.45, 7) is 5.66. The molecule has 0 radical (unpaired) electrons. The number of quaternary nitrogens is 1. The highest BCUT2D eigenvalue weighted by atomic mass is 15.3. The molecule has 0 bridgehead atoms. The van der Waals surface area contributed by atoms with E-state index in [0.29, 0.717) is 0 Å². The van der Waals surface area contributed by atoms with Gasteiger partial charge in [0.2, 0.25) is 0 Å². The molecule has 0 saturated carbocycles. The number of unbranched alkanes of at least 4 members (excludes halogenated alkanes) is 9. The lowest BCUT2D eigenvalue weighted by atomic mass is 10.1. The van der Waals surface area contributed by atoms with Crippen LogP contribution in [0.25, 0.3) is 0 Å². The number of hydrogen-bond donors (Lipinski definition) is 1. The Kier molecular flexibility index (Phi) is 12.9. The zero-order valence-electron chi connectivity index (χ0n) is 13.9. The molecule has 0 atom stereocenters. The predicted octanol–water partition coefficient (Wildman–Crippen LogP) is 4.33. The van der Waals surface area contributed by atoms with Crippen LogP contribution in [-0.2, 0) is 0 Å². The van der Waals surface area contributed by atoms with E-state index in [0.717, 1.165) is 17.4 Å². The van der Waals surface area contributed by atoms with Crippen LogP contribution < -0.4 is 5.73 Å². The summed E-state index contributed by atoms with van der Waals surface area (Å²) in [5.74, 6) is 0. The van der Waals surface area contributed by atoms with Crippen molar-refractivity contribution < 1.29 is 4.48 Å². The van der Waals surface area contributed by atoms with Crippen molar-refractivity contribution in [2.24, 2.45) is 5.73 Å². The minimum Gasteiger partial charge on any atom is -0.330 e. The van der Waals surface area contributed by atoms with Gasteiger partial charge >= 0.3 is 0 Å². The van der Waals surface area contributed by atoms with Gasteiger partial charge in [-0.25, -0.2) is 0 Å². The first-order valence-corrected chi connectivity index (χ1v) is 8.64. The average molecular weight is 272 g/mol. The van der Waals surface area contributed by atoms with Crippen molar-refractivity contribution in [1.82, 2.24) is 0 Å². The maximum absolute atomic E-state index is 5.58. The normalized spacial score (nSPS) is 12.0. The van der Waals surface area contributed by atoms with Crippen LogP contribution in [0.15, 0.2) is 0 Å². The molecule has 0 amide bonds. The summed E-state index contributed by atoms with van der Waals surface area (Å²) in [6, 6.07) is 0. The Bertz CT molecular complexity index is 178. The van der Waals surface area contributed by atoms with E-state index in [-0.39, 0.29) is 0 Å². The van der Waals surface area contributed by atoms with Crippen LogP contribution in [0.2, 0.25) is 0 Å². The summed E-state index contributed by atoms with van der Waals surface area (Å²) >= 11 is 0. The van der Waals surface area contributed by atoms with Gasteiger partial charge in [-0.15, -0.1) is 0 Å². The van der Waals surface area contributed by atoms with Crippen LogP contribution in [0, 0.1) is 0 Å². The second kappa shape index (κ2) is 12.9. The highest BCUT2D eigenvalue weighted by molar-refractivity contribution is 4.48. The van der Waals surface area contributed by atoms with Crippen LogP contribution in [-0.4, -0.2) is 38.2 Å². The molecule has 0 aliphatic carbocycles. The van der Waals surface area contributed by atoms with Crippen molar-refractivity contribution in [3.63, 3.8) is 0 Å². The number of nitrogens with two attached hydrogens (primary N) is 1. The van der Waals surface area contributed by atoms with Crippen LogP contribution >= 0.6 is 0 Å². The monoisotopic (exact) mass is 271 g/mol. The van der Waals surface area contributed by atoms with E-state index < -0.39 is 0 Å². The summed E-state index contributed by atoms with van der Waals surface area (Å²) in [4.78, 5) is 0. The molecule has 2 nitrogen and oxygen atoms in total. The quantitative estimate of drug-likeness (QED) is 0.369. The second-order valence-electron chi connectivity index (χ2n) is 6.71. The van der Waals surface area contributed by atoms with Crippen LogP contribution in [0.4, 0.5) is 0 Å². The van der Waals surface area contributed by atoms with Gasteiger partial charge in [-0.2, -0.15) is 0 Å². The molecule has 0 aromatic rings. The Labute approximate surface area is 122 Å². The molecule has 0 unspecified atom stereocenters. The van der Waals surface area contributed by atoms with E-state index in [1.165, 1.54) is 77.3 Å². The first-order chi connectivity index (χ1) is 9.12. The topological polar surface area (TPSA) is 26.0 Å². The van der Waals surface area contributed by atoms with Crippen LogP contribution in [0.5, 0.6) is 0 Å². The molecule has 0 aromatic carbocycles. The Hall–Kier alpha value is -0.0800. The smallest absolute Gasteiger partial charge is 0.0794 e. The van der Waals surface area contributed by atoms with E-state index in [2.05, 4.69) is 21.0 Å². The molecule has 0 fully saturated rings. The average Bonchev–Trinajstić information content (AvgIpc) is 2.38. The summed E-state index contributed by atoms with van der Waals surface area (Å²) in [7, 11) is 4.67. The maximum Gasteiger partial charge on any atom is 0.0794 e. The lowest BCUT2D eigenvalue weighted by molar-refractivity contribution is -0.890. The molecule has 0 aliphatic rings. The lowest BCUT2D eigenvalue weighted by Gasteiger charge is -2.29. The molecule has 0 aliphatic heterocycles. The number of nitrogens with zero attached hydrogens (tertiary/aromatic N) is 1. The Balaban J connectivity index is 3.21. The van der Waals surface area contributed by atoms with Crippen LogP contribution in [0.3, 0.4) is 0 Å². The fourth-order valence-electron chi connectivity index (χ4n) is 2.66. The molecule has 0 heterocycles. The summed E-state index contributed by atoms with van der Waals surface area (Å²) in [5.41, 5.74) is 5.58. The molecular weight excluding hydrogens is 232 g/mol. The van der Waals surface area contributed by atoms with Gasteiger partial charge in [-0.1, -0.05) is 58.3 Å². The molecule has 0 aromatic heterocycles. The first kappa shape index (κ1) is 18.9. The van der Waals surface area contributed by atoms with Crippen molar-refractivity contribution in [3.8, 4) is 0 Å². The van der Waals surface area contributed by atoms with Crippen molar-refractivity contribution >= 4 is 0 Å². The summed E-state index contributed by atoms with van der Waals surface area (Å²) in [6.07, 6.45) is 15.4. The third kappa shape index (κ3) is 14.1. The molecule has 0 saturated heterocycles. The Morgan fingerprint density at radius 2 is 1.05 bits per heavy atom. The highest BCUT2D eigenvalue weighted by Crippen LogP contribution is 2.11. The van der Waals surface area contributed by atoms with Gasteiger partial charge in [-0.3, -0.25) is 0 Å². The Morgan fingerprint density at radius 3 is 1.53 bits per heavy atom. The lowest BCUT2D eigenvalue weighted by Crippen LogP contribution is -2.41. The van der Waals surface area contributed by atoms with E-state index in [4.69, 9.17) is 5.73 Å². The molecular formula is C17H39N2+. The van der Waals surface area contributed by atoms with Crippen molar-refractivity contribution in [2.75, 3.05) is 33.7 Å². The van der Waals surface area contributed by atoms with Crippen LogP contribution in [0.1, 0.15) is 77.6 Å². The SMILES string of the molecule is CCCCCCCCCCCC[N+](C)(C)CCCN. The first-order valence-electron chi connectivity index (χ1n) is 8.64. The molecule has 116 valence electrons. The molecule has 2 heteroatoms. The van der Waals surface area contributed by atoms with Crippen molar-refractivity contribution in [2.45, 2.75) is 77.6 Å². The van der Waals surface area contributed by atoms with Gasteiger partial charge in [0, 0.05) is 6.42 Å². The van der Waals surface area contributed by atoms with Gasteiger partial charge in [-0.05, 0) is 19.4 Å². The minimum atomic E-state index is 0.833. The van der Waals surface area contributed by atoms with Gasteiger partial charge in [0.05, 0.1) is 27.2 Å². The fourth-order valence-corrected chi connectivity index (χ4v) is 2.66. The van der Waals surface area contributed by atoms with Gasteiger partial charge in [0.25, 0.3) is 0 Å². The largest absolute Gasteiger partial charge is 0.330 e. The van der Waals surface area contributed by atoms with Crippen molar-refractivity contribution in [3.05, 3.63) is 0 Å². The number of hydrogen-bond acceptors (Lipinski definition) is 1. The highest BCUT2D eigenvalue weighted by Gasteiger charge is 2.12. The number of rotatable bonds is 14. The zero-order valence-corrected chi connectivity index (χ0v) is 13.9. The maximum atomic E-state index is 5.58. The third-order valence-corrected chi connectivity index (χ3v) is 4.08. The van der Waals surface area contributed by atoms with Gasteiger partial charge < -0.3 is 10.2 Å².